The number of rotatable bonds is 9. The molecule has 0 spiro atoms. The summed E-state index contributed by atoms with van der Waals surface area (Å²) in [6.07, 6.45) is 0.290. The van der Waals surface area contributed by atoms with E-state index in [1.165, 1.54) is 0 Å². The van der Waals surface area contributed by atoms with Crippen LogP contribution in [0, 0.1) is 0 Å². The molecule has 142 valence electrons. The Kier molecular flexibility index (Phi) is 11.8. The number of carbonyl (C=O) groups excluding carboxylic acids is 1. The molecule has 8 heteroatoms. The number of nitrogens with one attached hydrogen (secondary N) is 2. The lowest BCUT2D eigenvalue weighted by atomic mass is 10.2. The van der Waals surface area contributed by atoms with Crippen molar-refractivity contribution in [3.63, 3.8) is 0 Å². The number of nitrogens with zero attached hydrogens (tertiary/aromatic N) is 1. The molecule has 1 aromatic carbocycles. The number of carbonyl (C=O) groups is 1. The van der Waals surface area contributed by atoms with Gasteiger partial charge in [-0.1, -0.05) is 0 Å². The molecule has 25 heavy (non-hydrogen) atoms. The van der Waals surface area contributed by atoms with Gasteiger partial charge in [0.2, 0.25) is 5.91 Å². The normalized spacial score (nSPS) is 10.8. The maximum atomic E-state index is 11.6. The first-order chi connectivity index (χ1) is 11.5. The summed E-state index contributed by atoms with van der Waals surface area (Å²) in [6, 6.07) is 5.58. The number of halogens is 1. The highest BCUT2D eigenvalue weighted by atomic mass is 127. The zero-order valence-electron chi connectivity index (χ0n) is 15.3. The third kappa shape index (κ3) is 9.37. The molecule has 0 aliphatic carbocycles. The molecule has 0 fully saturated rings. The van der Waals surface area contributed by atoms with Crippen molar-refractivity contribution in [2.45, 2.75) is 40.2 Å². The van der Waals surface area contributed by atoms with E-state index in [1.54, 1.807) is 0 Å². The molecule has 1 aromatic rings. The minimum Gasteiger partial charge on any atom is -0.494 e. The van der Waals surface area contributed by atoms with Crippen LogP contribution in [0.1, 0.15) is 34.1 Å². The highest BCUT2D eigenvalue weighted by molar-refractivity contribution is 14.0. The number of hydrogen-bond acceptors (Lipinski definition) is 4. The molecule has 0 saturated carbocycles. The van der Waals surface area contributed by atoms with Gasteiger partial charge in [0, 0.05) is 18.5 Å². The van der Waals surface area contributed by atoms with Crippen LogP contribution in [-0.2, 0) is 4.79 Å². The van der Waals surface area contributed by atoms with Gasteiger partial charge in [0.1, 0.15) is 11.5 Å². The Morgan fingerprint density at radius 2 is 1.92 bits per heavy atom. The molecule has 0 aliphatic heterocycles. The Hall–Kier alpha value is -1.71. The molecular formula is C17H29IN4O3. The highest BCUT2D eigenvalue weighted by Crippen LogP contribution is 2.29. The van der Waals surface area contributed by atoms with E-state index < -0.39 is 0 Å². The van der Waals surface area contributed by atoms with Gasteiger partial charge in [-0.2, -0.15) is 0 Å². The summed E-state index contributed by atoms with van der Waals surface area (Å²) in [6.45, 7) is 9.07. The van der Waals surface area contributed by atoms with Crippen LogP contribution in [0.3, 0.4) is 0 Å². The van der Waals surface area contributed by atoms with E-state index in [0.717, 1.165) is 0 Å². The summed E-state index contributed by atoms with van der Waals surface area (Å²) >= 11 is 0. The quantitative estimate of drug-likeness (QED) is 0.297. The first-order valence-corrected chi connectivity index (χ1v) is 8.22. The van der Waals surface area contributed by atoms with Gasteiger partial charge in [-0.15, -0.1) is 24.0 Å². The summed E-state index contributed by atoms with van der Waals surface area (Å²) in [5.74, 6) is 1.56. The van der Waals surface area contributed by atoms with E-state index in [1.807, 2.05) is 45.9 Å². The van der Waals surface area contributed by atoms with Crippen molar-refractivity contribution in [2.24, 2.45) is 10.7 Å². The molecule has 0 saturated heterocycles. The number of anilines is 1. The zero-order chi connectivity index (χ0) is 17.9. The summed E-state index contributed by atoms with van der Waals surface area (Å²) in [4.78, 5) is 15.7. The summed E-state index contributed by atoms with van der Waals surface area (Å²) in [7, 11) is 0. The molecule has 7 nitrogen and oxygen atoms in total. The topological polar surface area (TPSA) is 98.0 Å². The Morgan fingerprint density at radius 3 is 2.52 bits per heavy atom. The molecule has 0 unspecified atom stereocenters. The van der Waals surface area contributed by atoms with Crippen LogP contribution in [0.4, 0.5) is 5.69 Å². The minimum atomic E-state index is -0.0464. The first kappa shape index (κ1) is 23.3. The van der Waals surface area contributed by atoms with Crippen molar-refractivity contribution in [1.29, 1.82) is 0 Å². The van der Waals surface area contributed by atoms with Gasteiger partial charge in [-0.05, 0) is 39.8 Å². The number of guanidine groups is 1. The molecule has 4 N–H and O–H groups in total. The highest BCUT2D eigenvalue weighted by Gasteiger charge is 2.07. The van der Waals surface area contributed by atoms with Crippen molar-refractivity contribution < 1.29 is 14.3 Å². The Balaban J connectivity index is 0.00000576. The van der Waals surface area contributed by atoms with Crippen LogP contribution in [-0.4, -0.2) is 37.7 Å². The van der Waals surface area contributed by atoms with Gasteiger partial charge in [0.25, 0.3) is 0 Å². The first-order valence-electron chi connectivity index (χ1n) is 8.22. The Morgan fingerprint density at radius 1 is 1.24 bits per heavy atom. The standard InChI is InChI=1S/C17H28N4O3.HI/c1-5-23-13-7-8-15(24-6-2)14(11-13)21-17(18)19-10-9-16(22)20-12(3)4;/h7-8,11-12H,5-6,9-10H2,1-4H3,(H,20,22)(H3,18,19,21);1H. The maximum Gasteiger partial charge on any atom is 0.222 e. The third-order valence-corrected chi connectivity index (χ3v) is 2.90. The summed E-state index contributed by atoms with van der Waals surface area (Å²) < 4.78 is 11.0. The number of nitrogens with two attached hydrogens (primary N) is 1. The number of ether oxygens (including phenoxy) is 2. The smallest absolute Gasteiger partial charge is 0.222 e. The van der Waals surface area contributed by atoms with Gasteiger partial charge >= 0.3 is 0 Å². The van der Waals surface area contributed by atoms with Crippen LogP contribution in [0.25, 0.3) is 0 Å². The number of benzene rings is 1. The maximum absolute atomic E-state index is 11.6. The second kappa shape index (κ2) is 12.6. The lowest BCUT2D eigenvalue weighted by Gasteiger charge is -2.14. The lowest BCUT2D eigenvalue weighted by molar-refractivity contribution is -0.121. The van der Waals surface area contributed by atoms with Crippen molar-refractivity contribution in [2.75, 3.05) is 25.1 Å². The fraction of sp³-hybridized carbons (Fsp3) is 0.529. The molecule has 0 aliphatic rings. The molecule has 0 bridgehead atoms. The Bertz CT molecular complexity index is 565. The van der Waals surface area contributed by atoms with E-state index in [9.17, 15) is 4.79 Å². The molecule has 0 aromatic heterocycles. The van der Waals surface area contributed by atoms with Crippen LogP contribution in [0.2, 0.25) is 0 Å². The van der Waals surface area contributed by atoms with Gasteiger partial charge in [-0.25, -0.2) is 0 Å². The predicted molar refractivity (Wildman–Crippen MR) is 112 cm³/mol. The second-order valence-electron chi connectivity index (χ2n) is 5.39. The van der Waals surface area contributed by atoms with Crippen molar-refractivity contribution in [3.8, 4) is 11.5 Å². The van der Waals surface area contributed by atoms with E-state index in [0.29, 0.717) is 36.9 Å². The van der Waals surface area contributed by atoms with Crippen LogP contribution in [0.5, 0.6) is 11.5 Å². The monoisotopic (exact) mass is 464 g/mol. The number of amides is 1. The van der Waals surface area contributed by atoms with Crippen molar-refractivity contribution in [1.82, 2.24) is 5.32 Å². The molecule has 0 radical (unpaired) electrons. The van der Waals surface area contributed by atoms with Crippen LogP contribution in [0.15, 0.2) is 23.2 Å². The van der Waals surface area contributed by atoms with E-state index >= 15 is 0 Å². The molecule has 0 heterocycles. The molecule has 1 rings (SSSR count). The second-order valence-corrected chi connectivity index (χ2v) is 5.39. The lowest BCUT2D eigenvalue weighted by Crippen LogP contribution is -2.30. The fourth-order valence-electron chi connectivity index (χ4n) is 1.99. The molecule has 1 amide bonds. The number of aliphatic imine (C=N–C) groups is 1. The fourth-order valence-corrected chi connectivity index (χ4v) is 1.99. The average Bonchev–Trinajstić information content (AvgIpc) is 2.49. The van der Waals surface area contributed by atoms with Gasteiger partial charge in [-0.3, -0.25) is 9.79 Å². The van der Waals surface area contributed by atoms with Gasteiger partial charge in [0.05, 0.1) is 25.4 Å². The van der Waals surface area contributed by atoms with E-state index in [4.69, 9.17) is 15.2 Å². The van der Waals surface area contributed by atoms with Gasteiger partial charge < -0.3 is 25.8 Å². The van der Waals surface area contributed by atoms with E-state index in [2.05, 4.69) is 15.6 Å². The van der Waals surface area contributed by atoms with Crippen LogP contribution < -0.4 is 25.8 Å². The largest absolute Gasteiger partial charge is 0.494 e. The SMILES string of the molecule is CCOc1ccc(OCC)c(NC(N)=NCCC(=O)NC(C)C)c1.I. The van der Waals surface area contributed by atoms with Crippen molar-refractivity contribution in [3.05, 3.63) is 18.2 Å². The minimum absolute atomic E-state index is 0. The molecule has 0 atom stereocenters. The van der Waals surface area contributed by atoms with E-state index in [-0.39, 0.29) is 48.3 Å². The molecular weight excluding hydrogens is 435 g/mol. The average molecular weight is 464 g/mol. The zero-order valence-corrected chi connectivity index (χ0v) is 17.6. The van der Waals surface area contributed by atoms with Gasteiger partial charge in [0.15, 0.2) is 5.96 Å². The Labute approximate surface area is 166 Å². The third-order valence-electron chi connectivity index (χ3n) is 2.90. The number of hydrogen-bond donors (Lipinski definition) is 3. The summed E-state index contributed by atoms with van der Waals surface area (Å²) in [5.41, 5.74) is 6.57. The van der Waals surface area contributed by atoms with Crippen molar-refractivity contribution >= 4 is 41.5 Å². The van der Waals surface area contributed by atoms with Crippen LogP contribution >= 0.6 is 24.0 Å². The summed E-state index contributed by atoms with van der Waals surface area (Å²) in [5, 5.41) is 5.81. The predicted octanol–water partition coefficient (Wildman–Crippen LogP) is 2.74.